The molecule has 2 aromatic rings. The zero-order valence-electron chi connectivity index (χ0n) is 13.4. The van der Waals surface area contributed by atoms with Crippen LogP contribution in [0.1, 0.15) is 48.9 Å². The minimum atomic E-state index is -0.0558. The molecule has 1 aromatic heterocycles. The van der Waals surface area contributed by atoms with Gasteiger partial charge in [-0.1, -0.05) is 25.3 Å². The third-order valence-corrected chi connectivity index (χ3v) is 4.84. The number of benzene rings is 1. The Morgan fingerprint density at radius 3 is 2.87 bits per heavy atom. The van der Waals surface area contributed by atoms with E-state index in [4.69, 9.17) is 0 Å². The maximum Gasteiger partial charge on any atom is 0.251 e. The van der Waals surface area contributed by atoms with Crippen molar-refractivity contribution in [3.05, 3.63) is 42.1 Å². The molecule has 1 unspecified atom stereocenters. The van der Waals surface area contributed by atoms with Crippen LogP contribution in [-0.2, 0) is 0 Å². The Labute approximate surface area is 136 Å². The number of carbonyl (C=O) groups excluding carboxylic acids is 1. The van der Waals surface area contributed by atoms with Gasteiger partial charge in [-0.15, -0.1) is 0 Å². The van der Waals surface area contributed by atoms with Crippen LogP contribution in [0.25, 0.3) is 10.9 Å². The lowest BCUT2D eigenvalue weighted by molar-refractivity contribution is 0.0900. The van der Waals surface area contributed by atoms with Gasteiger partial charge < -0.3 is 10.4 Å². The molecule has 3 rings (SSSR count). The van der Waals surface area contributed by atoms with Gasteiger partial charge in [0.1, 0.15) is 0 Å². The van der Waals surface area contributed by atoms with Gasteiger partial charge in [0.2, 0.25) is 0 Å². The van der Waals surface area contributed by atoms with Crippen LogP contribution in [-0.4, -0.2) is 28.6 Å². The van der Waals surface area contributed by atoms with Crippen molar-refractivity contribution in [1.29, 1.82) is 0 Å². The van der Waals surface area contributed by atoms with Gasteiger partial charge in [-0.2, -0.15) is 0 Å². The van der Waals surface area contributed by atoms with Gasteiger partial charge in [0, 0.05) is 29.8 Å². The summed E-state index contributed by atoms with van der Waals surface area (Å²) in [4.78, 5) is 16.9. The predicted octanol–water partition coefficient (Wildman–Crippen LogP) is 3.30. The van der Waals surface area contributed by atoms with Crippen molar-refractivity contribution in [2.45, 2.75) is 44.6 Å². The van der Waals surface area contributed by atoms with Crippen LogP contribution >= 0.6 is 0 Å². The average Bonchev–Trinajstić information content (AvgIpc) is 2.61. The Kier molecular flexibility index (Phi) is 5.23. The molecule has 1 atom stereocenters. The van der Waals surface area contributed by atoms with Crippen molar-refractivity contribution >= 4 is 16.8 Å². The summed E-state index contributed by atoms with van der Waals surface area (Å²) in [5.74, 6) is 0.432. The third-order valence-electron chi connectivity index (χ3n) is 4.84. The highest BCUT2D eigenvalue weighted by atomic mass is 16.3. The van der Waals surface area contributed by atoms with Crippen molar-refractivity contribution in [1.82, 2.24) is 10.3 Å². The molecule has 0 bridgehead atoms. The van der Waals surface area contributed by atoms with Gasteiger partial charge in [0.05, 0.1) is 5.52 Å². The molecule has 1 fully saturated rings. The minimum Gasteiger partial charge on any atom is -0.396 e. The summed E-state index contributed by atoms with van der Waals surface area (Å²) in [6.45, 7) is 0.114. The molecule has 1 aromatic carbocycles. The van der Waals surface area contributed by atoms with Crippen LogP contribution in [0, 0.1) is 5.92 Å². The molecule has 1 heterocycles. The Balaban J connectivity index is 1.74. The van der Waals surface area contributed by atoms with Crippen LogP contribution in [0.4, 0.5) is 0 Å². The normalized spacial score (nSPS) is 17.1. The summed E-state index contributed by atoms with van der Waals surface area (Å²) < 4.78 is 0. The van der Waals surface area contributed by atoms with E-state index < -0.39 is 0 Å². The monoisotopic (exact) mass is 312 g/mol. The first-order chi connectivity index (χ1) is 11.3. The molecule has 1 aliphatic carbocycles. The first-order valence-electron chi connectivity index (χ1n) is 8.54. The molecule has 0 radical (unpaired) electrons. The highest BCUT2D eigenvalue weighted by Crippen LogP contribution is 2.28. The second-order valence-corrected chi connectivity index (χ2v) is 6.40. The van der Waals surface area contributed by atoms with E-state index in [0.717, 1.165) is 23.7 Å². The highest BCUT2D eigenvalue weighted by molar-refractivity contribution is 5.98. The van der Waals surface area contributed by atoms with Crippen LogP contribution < -0.4 is 5.32 Å². The number of hydrogen-bond donors (Lipinski definition) is 2. The van der Waals surface area contributed by atoms with Crippen LogP contribution in [0.5, 0.6) is 0 Å². The van der Waals surface area contributed by atoms with E-state index in [0.29, 0.717) is 17.9 Å². The van der Waals surface area contributed by atoms with Gasteiger partial charge in [-0.25, -0.2) is 0 Å². The number of aromatic nitrogens is 1. The molecule has 1 amide bonds. The number of carbonyl (C=O) groups is 1. The number of nitrogens with zero attached hydrogens (tertiary/aromatic N) is 1. The second kappa shape index (κ2) is 7.55. The first-order valence-corrected chi connectivity index (χ1v) is 8.54. The van der Waals surface area contributed by atoms with Crippen LogP contribution in [0.3, 0.4) is 0 Å². The SMILES string of the molecule is O=C(NC(CCO)C1CCCCC1)c1ccc2ncccc2c1. The van der Waals surface area contributed by atoms with E-state index in [-0.39, 0.29) is 18.6 Å². The van der Waals surface area contributed by atoms with E-state index in [1.165, 1.54) is 19.3 Å². The smallest absolute Gasteiger partial charge is 0.251 e. The molecule has 23 heavy (non-hydrogen) atoms. The fourth-order valence-corrected chi connectivity index (χ4v) is 3.57. The van der Waals surface area contributed by atoms with Crippen molar-refractivity contribution in [3.8, 4) is 0 Å². The van der Waals surface area contributed by atoms with Crippen molar-refractivity contribution in [3.63, 3.8) is 0 Å². The number of amides is 1. The molecular weight excluding hydrogens is 288 g/mol. The summed E-state index contributed by atoms with van der Waals surface area (Å²) in [5.41, 5.74) is 1.55. The predicted molar refractivity (Wildman–Crippen MR) is 91.3 cm³/mol. The average molecular weight is 312 g/mol. The zero-order valence-corrected chi connectivity index (χ0v) is 13.4. The summed E-state index contributed by atoms with van der Waals surface area (Å²) >= 11 is 0. The van der Waals surface area contributed by atoms with Gasteiger partial charge in [-0.3, -0.25) is 9.78 Å². The fraction of sp³-hybridized carbons (Fsp3) is 0.474. The Bertz CT molecular complexity index is 665. The lowest BCUT2D eigenvalue weighted by Crippen LogP contribution is -2.41. The standard InChI is InChI=1S/C19H24N2O2/c22-12-10-18(14-5-2-1-3-6-14)21-19(23)16-8-9-17-15(13-16)7-4-11-20-17/h4,7-9,11,13-14,18,22H,1-3,5-6,10,12H2,(H,21,23). The van der Waals surface area contributed by atoms with Crippen molar-refractivity contribution in [2.75, 3.05) is 6.61 Å². The Morgan fingerprint density at radius 2 is 2.09 bits per heavy atom. The van der Waals surface area contributed by atoms with Gasteiger partial charge >= 0.3 is 0 Å². The molecule has 0 spiro atoms. The number of pyridine rings is 1. The van der Waals surface area contributed by atoms with Crippen molar-refractivity contribution < 1.29 is 9.90 Å². The summed E-state index contributed by atoms with van der Waals surface area (Å²) in [6.07, 6.45) is 8.41. The van der Waals surface area contributed by atoms with Crippen molar-refractivity contribution in [2.24, 2.45) is 5.92 Å². The maximum absolute atomic E-state index is 12.6. The lowest BCUT2D eigenvalue weighted by Gasteiger charge is -2.30. The van der Waals surface area contributed by atoms with E-state index in [1.807, 2.05) is 30.3 Å². The number of fused-ring (bicyclic) bond motifs is 1. The van der Waals surface area contributed by atoms with E-state index >= 15 is 0 Å². The third kappa shape index (κ3) is 3.88. The van der Waals surface area contributed by atoms with Gasteiger partial charge in [-0.05, 0) is 49.4 Å². The largest absolute Gasteiger partial charge is 0.396 e. The summed E-state index contributed by atoms with van der Waals surface area (Å²) in [7, 11) is 0. The molecule has 2 N–H and O–H groups in total. The second-order valence-electron chi connectivity index (χ2n) is 6.40. The molecule has 1 aliphatic rings. The van der Waals surface area contributed by atoms with Crippen LogP contribution in [0.15, 0.2) is 36.5 Å². The topological polar surface area (TPSA) is 62.2 Å². The summed E-state index contributed by atoms with van der Waals surface area (Å²) in [6, 6.07) is 9.49. The highest BCUT2D eigenvalue weighted by Gasteiger charge is 2.25. The van der Waals surface area contributed by atoms with E-state index in [2.05, 4.69) is 10.3 Å². The molecule has 4 heteroatoms. The molecule has 0 aliphatic heterocycles. The first kappa shape index (κ1) is 15.9. The fourth-order valence-electron chi connectivity index (χ4n) is 3.57. The Morgan fingerprint density at radius 1 is 1.26 bits per heavy atom. The maximum atomic E-state index is 12.6. The zero-order chi connectivity index (χ0) is 16.1. The van der Waals surface area contributed by atoms with Crippen LogP contribution in [0.2, 0.25) is 0 Å². The van der Waals surface area contributed by atoms with E-state index in [9.17, 15) is 9.90 Å². The number of hydrogen-bond acceptors (Lipinski definition) is 3. The quantitative estimate of drug-likeness (QED) is 0.890. The van der Waals surface area contributed by atoms with Gasteiger partial charge in [0.25, 0.3) is 5.91 Å². The van der Waals surface area contributed by atoms with Gasteiger partial charge in [0.15, 0.2) is 0 Å². The minimum absolute atomic E-state index is 0.0558. The molecule has 1 saturated carbocycles. The van der Waals surface area contributed by atoms with E-state index in [1.54, 1.807) is 6.20 Å². The molecule has 122 valence electrons. The molecule has 0 saturated heterocycles. The molecular formula is C19H24N2O2. The lowest BCUT2D eigenvalue weighted by atomic mass is 9.82. The molecule has 4 nitrogen and oxygen atoms in total. The number of rotatable bonds is 5. The number of aliphatic hydroxyl groups is 1. The number of aliphatic hydroxyl groups excluding tert-OH is 1. The number of nitrogens with one attached hydrogen (secondary N) is 1. The summed E-state index contributed by atoms with van der Waals surface area (Å²) in [5, 5.41) is 13.5. The Hall–Kier alpha value is -1.94.